The first-order valence-electron chi connectivity index (χ1n) is 7.71. The fraction of sp³-hybridized carbons (Fsp3) is 0.118. The Balaban J connectivity index is 1.92. The number of nitrogens with one attached hydrogen (secondary N) is 1. The standard InChI is InChI=1S/C17H14N4O5S/c1-9-12(4-3-5-13(9)21(24)25)14-7-6-11(26-14)8-15(16(22)23)27-17-18-10(2)19-20-17/h3-8H,1-2H3,(H,22,23)(H,18,19,20)/b15-8+. The number of hydrogen-bond acceptors (Lipinski definition) is 7. The lowest BCUT2D eigenvalue weighted by molar-refractivity contribution is -0.385. The van der Waals surface area contributed by atoms with Gasteiger partial charge >= 0.3 is 5.97 Å². The summed E-state index contributed by atoms with van der Waals surface area (Å²) in [5.41, 5.74) is 1.03. The smallest absolute Gasteiger partial charge is 0.342 e. The van der Waals surface area contributed by atoms with Crippen molar-refractivity contribution >= 4 is 29.5 Å². The zero-order valence-electron chi connectivity index (χ0n) is 14.3. The van der Waals surface area contributed by atoms with Crippen LogP contribution < -0.4 is 0 Å². The summed E-state index contributed by atoms with van der Waals surface area (Å²) >= 11 is 0.886. The number of furan rings is 1. The molecule has 10 heteroatoms. The average Bonchev–Trinajstić information content (AvgIpc) is 3.23. The summed E-state index contributed by atoms with van der Waals surface area (Å²) in [5.74, 6) is 0.134. The Bertz CT molecular complexity index is 1050. The topological polar surface area (TPSA) is 135 Å². The number of benzene rings is 1. The normalized spacial score (nSPS) is 11.6. The van der Waals surface area contributed by atoms with Gasteiger partial charge in [0, 0.05) is 23.3 Å². The molecule has 0 aliphatic rings. The van der Waals surface area contributed by atoms with Crippen LogP contribution in [-0.2, 0) is 4.79 Å². The minimum atomic E-state index is -1.15. The van der Waals surface area contributed by atoms with Gasteiger partial charge in [-0.15, -0.1) is 5.10 Å². The van der Waals surface area contributed by atoms with Crippen LogP contribution in [0, 0.1) is 24.0 Å². The van der Waals surface area contributed by atoms with Gasteiger partial charge in [-0.3, -0.25) is 15.2 Å². The van der Waals surface area contributed by atoms with Crippen LogP contribution in [0.3, 0.4) is 0 Å². The third kappa shape index (κ3) is 4.06. The Morgan fingerprint density at radius 3 is 2.74 bits per heavy atom. The van der Waals surface area contributed by atoms with E-state index in [-0.39, 0.29) is 15.7 Å². The van der Waals surface area contributed by atoms with Crippen LogP contribution in [0.4, 0.5) is 5.69 Å². The molecule has 1 aromatic carbocycles. The maximum absolute atomic E-state index is 11.5. The zero-order chi connectivity index (χ0) is 19.6. The molecule has 138 valence electrons. The molecule has 0 saturated carbocycles. The van der Waals surface area contributed by atoms with Crippen LogP contribution in [0.25, 0.3) is 17.4 Å². The van der Waals surface area contributed by atoms with Crippen molar-refractivity contribution in [2.75, 3.05) is 0 Å². The van der Waals surface area contributed by atoms with E-state index in [1.165, 1.54) is 12.1 Å². The number of carbonyl (C=O) groups is 1. The number of aryl methyl sites for hydroxylation is 1. The molecule has 2 N–H and O–H groups in total. The van der Waals surface area contributed by atoms with E-state index in [4.69, 9.17) is 4.42 Å². The SMILES string of the molecule is Cc1nc(S/C(=C/c2ccc(-c3cccc([N+](=O)[O-])c3C)o2)C(=O)O)n[nH]1. The molecule has 0 aliphatic heterocycles. The van der Waals surface area contributed by atoms with E-state index in [1.807, 2.05) is 0 Å². The molecule has 3 aromatic rings. The van der Waals surface area contributed by atoms with Crippen molar-refractivity contribution in [2.45, 2.75) is 19.0 Å². The van der Waals surface area contributed by atoms with Gasteiger partial charge in [-0.1, -0.05) is 12.1 Å². The third-order valence-electron chi connectivity index (χ3n) is 3.66. The van der Waals surface area contributed by atoms with Gasteiger partial charge in [-0.05, 0) is 37.7 Å². The summed E-state index contributed by atoms with van der Waals surface area (Å²) in [5, 5.41) is 27.3. The molecule has 0 aliphatic carbocycles. The second kappa shape index (κ2) is 7.46. The molecule has 0 amide bonds. The molecular formula is C17H14N4O5S. The van der Waals surface area contributed by atoms with Gasteiger partial charge < -0.3 is 9.52 Å². The van der Waals surface area contributed by atoms with Crippen molar-refractivity contribution in [3.05, 3.63) is 62.5 Å². The number of rotatable bonds is 6. The first kappa shape index (κ1) is 18.4. The highest BCUT2D eigenvalue weighted by molar-refractivity contribution is 8.04. The molecule has 0 saturated heterocycles. The van der Waals surface area contributed by atoms with Crippen molar-refractivity contribution in [3.8, 4) is 11.3 Å². The Kier molecular flexibility index (Phi) is 5.08. The molecule has 2 aromatic heterocycles. The molecule has 0 fully saturated rings. The molecule has 27 heavy (non-hydrogen) atoms. The Morgan fingerprint density at radius 1 is 1.33 bits per heavy atom. The number of aromatic nitrogens is 3. The van der Waals surface area contributed by atoms with Crippen molar-refractivity contribution in [3.63, 3.8) is 0 Å². The predicted molar refractivity (Wildman–Crippen MR) is 98.1 cm³/mol. The first-order chi connectivity index (χ1) is 12.8. The van der Waals surface area contributed by atoms with Crippen LogP contribution in [-0.4, -0.2) is 31.2 Å². The van der Waals surface area contributed by atoms with Gasteiger partial charge in [0.1, 0.15) is 22.3 Å². The number of nitro benzene ring substituents is 1. The highest BCUT2D eigenvalue weighted by atomic mass is 32.2. The quantitative estimate of drug-likeness (QED) is 0.282. The average molecular weight is 386 g/mol. The highest BCUT2D eigenvalue weighted by Gasteiger charge is 2.18. The van der Waals surface area contributed by atoms with Gasteiger partial charge in [0.05, 0.1) is 4.92 Å². The Labute approximate surface area is 157 Å². The van der Waals surface area contributed by atoms with E-state index in [0.29, 0.717) is 28.5 Å². The number of thioether (sulfide) groups is 1. The fourth-order valence-corrected chi connectivity index (χ4v) is 3.13. The predicted octanol–water partition coefficient (Wildman–Crippen LogP) is 3.81. The molecule has 0 spiro atoms. The number of H-pyrrole nitrogens is 1. The van der Waals surface area contributed by atoms with Crippen molar-refractivity contribution in [2.24, 2.45) is 0 Å². The molecular weight excluding hydrogens is 372 g/mol. The van der Waals surface area contributed by atoms with Crippen LogP contribution in [0.15, 0.2) is 44.8 Å². The van der Waals surface area contributed by atoms with Gasteiger partial charge in [0.15, 0.2) is 0 Å². The fourth-order valence-electron chi connectivity index (χ4n) is 2.39. The summed E-state index contributed by atoms with van der Waals surface area (Å²) in [6, 6.07) is 7.93. The second-order valence-corrected chi connectivity index (χ2v) is 6.54. The summed E-state index contributed by atoms with van der Waals surface area (Å²) < 4.78 is 5.68. The maximum Gasteiger partial charge on any atom is 0.342 e. The lowest BCUT2D eigenvalue weighted by Crippen LogP contribution is -1.97. The van der Waals surface area contributed by atoms with Crippen LogP contribution in [0.5, 0.6) is 0 Å². The van der Waals surface area contributed by atoms with Crippen molar-refractivity contribution < 1.29 is 19.2 Å². The summed E-state index contributed by atoms with van der Waals surface area (Å²) in [6.07, 6.45) is 1.36. The number of aliphatic carboxylic acids is 1. The first-order valence-corrected chi connectivity index (χ1v) is 8.53. The third-order valence-corrected chi connectivity index (χ3v) is 4.53. The lowest BCUT2D eigenvalue weighted by atomic mass is 10.1. The van der Waals surface area contributed by atoms with E-state index in [0.717, 1.165) is 11.8 Å². The van der Waals surface area contributed by atoms with Gasteiger partial charge in [0.2, 0.25) is 5.16 Å². The molecule has 2 heterocycles. The zero-order valence-corrected chi connectivity index (χ0v) is 15.1. The van der Waals surface area contributed by atoms with Gasteiger partial charge in [-0.2, -0.15) is 0 Å². The summed E-state index contributed by atoms with van der Waals surface area (Å²) in [7, 11) is 0. The highest BCUT2D eigenvalue weighted by Crippen LogP contribution is 2.32. The second-order valence-electron chi connectivity index (χ2n) is 5.53. The van der Waals surface area contributed by atoms with Crippen LogP contribution in [0.2, 0.25) is 0 Å². The van der Waals surface area contributed by atoms with E-state index in [9.17, 15) is 20.0 Å². The minimum Gasteiger partial charge on any atom is -0.477 e. The molecule has 0 unspecified atom stereocenters. The van der Waals surface area contributed by atoms with E-state index in [2.05, 4.69) is 15.2 Å². The Hall–Kier alpha value is -3.40. The van der Waals surface area contributed by atoms with E-state index in [1.54, 1.807) is 38.1 Å². The Morgan fingerprint density at radius 2 is 2.11 bits per heavy atom. The molecule has 0 atom stereocenters. The molecule has 0 radical (unpaired) electrons. The van der Waals surface area contributed by atoms with Crippen molar-refractivity contribution in [1.82, 2.24) is 15.2 Å². The number of aromatic amines is 1. The number of carboxylic acid groups (broad SMARTS) is 1. The largest absolute Gasteiger partial charge is 0.477 e. The van der Waals surface area contributed by atoms with E-state index < -0.39 is 10.9 Å². The minimum absolute atomic E-state index is 0.0113. The molecule has 9 nitrogen and oxygen atoms in total. The molecule has 0 bridgehead atoms. The number of hydrogen-bond donors (Lipinski definition) is 2. The number of nitrogens with zero attached hydrogens (tertiary/aromatic N) is 3. The maximum atomic E-state index is 11.5. The van der Waals surface area contributed by atoms with Gasteiger partial charge in [0.25, 0.3) is 5.69 Å². The molecule has 3 rings (SSSR count). The summed E-state index contributed by atoms with van der Waals surface area (Å²) in [4.78, 5) is 26.2. The van der Waals surface area contributed by atoms with Crippen LogP contribution >= 0.6 is 11.8 Å². The van der Waals surface area contributed by atoms with Crippen LogP contribution in [0.1, 0.15) is 17.1 Å². The lowest BCUT2D eigenvalue weighted by Gasteiger charge is -2.03. The van der Waals surface area contributed by atoms with Crippen molar-refractivity contribution in [1.29, 1.82) is 0 Å². The van der Waals surface area contributed by atoms with Gasteiger partial charge in [-0.25, -0.2) is 9.78 Å². The van der Waals surface area contributed by atoms with E-state index >= 15 is 0 Å². The number of carboxylic acids is 1. The monoisotopic (exact) mass is 386 g/mol. The summed E-state index contributed by atoms with van der Waals surface area (Å²) in [6.45, 7) is 3.34. The number of nitro groups is 1.